The monoisotopic (exact) mass is 270 g/mol. The smallest absolute Gasteiger partial charge is 0.251 e. The lowest BCUT2D eigenvalue weighted by Gasteiger charge is -2.27. The van der Waals surface area contributed by atoms with Crippen LogP contribution in [0.2, 0.25) is 0 Å². The Balaban J connectivity index is 0.00000162. The molecule has 1 heterocycles. The normalized spacial score (nSPS) is 14.3. The zero-order valence-corrected chi connectivity index (χ0v) is 11.3. The average Bonchev–Trinajstić information content (AvgIpc) is 2.27. The summed E-state index contributed by atoms with van der Waals surface area (Å²) in [4.78, 5) is 11.9. The lowest BCUT2D eigenvalue weighted by Crippen LogP contribution is -2.48. The Bertz CT molecular complexity index is 394. The Kier molecular flexibility index (Phi) is 5.95. The standard InChI is InChI=1S/C13H18N2O2.ClH/c1-2-17-12-5-3-4-11(6-12)13(16)15-9-10-7-14-8-10;/h3-6,10,14H,2,7-9H2,1H3,(H,15,16);1H. The minimum atomic E-state index is -0.0292. The number of ether oxygens (including phenoxy) is 1. The summed E-state index contributed by atoms with van der Waals surface area (Å²) in [6, 6.07) is 7.27. The molecule has 0 spiro atoms. The minimum Gasteiger partial charge on any atom is -0.494 e. The van der Waals surface area contributed by atoms with Gasteiger partial charge in [0.25, 0.3) is 5.91 Å². The molecule has 0 bridgehead atoms. The highest BCUT2D eigenvalue weighted by molar-refractivity contribution is 5.94. The van der Waals surface area contributed by atoms with Gasteiger partial charge in [0.15, 0.2) is 0 Å². The van der Waals surface area contributed by atoms with Crippen molar-refractivity contribution in [1.29, 1.82) is 0 Å². The van der Waals surface area contributed by atoms with E-state index >= 15 is 0 Å². The van der Waals surface area contributed by atoms with Crippen molar-refractivity contribution in [2.45, 2.75) is 6.92 Å². The van der Waals surface area contributed by atoms with Gasteiger partial charge in [0.1, 0.15) is 5.75 Å². The molecular weight excluding hydrogens is 252 g/mol. The summed E-state index contributed by atoms with van der Waals surface area (Å²) in [7, 11) is 0. The van der Waals surface area contributed by atoms with Gasteiger partial charge in [-0.1, -0.05) is 6.07 Å². The topological polar surface area (TPSA) is 50.4 Å². The van der Waals surface area contributed by atoms with E-state index in [1.165, 1.54) is 0 Å². The van der Waals surface area contributed by atoms with Gasteiger partial charge in [0.2, 0.25) is 0 Å². The van der Waals surface area contributed by atoms with E-state index in [2.05, 4.69) is 10.6 Å². The van der Waals surface area contributed by atoms with Gasteiger partial charge in [-0.15, -0.1) is 12.4 Å². The summed E-state index contributed by atoms with van der Waals surface area (Å²) in [5.41, 5.74) is 0.656. The second kappa shape index (κ2) is 7.24. The maximum Gasteiger partial charge on any atom is 0.251 e. The van der Waals surface area contributed by atoms with Crippen LogP contribution in [0.3, 0.4) is 0 Å². The fraction of sp³-hybridized carbons (Fsp3) is 0.462. The zero-order valence-electron chi connectivity index (χ0n) is 10.4. The Morgan fingerprint density at radius 1 is 1.50 bits per heavy atom. The number of carbonyl (C=O) groups excluding carboxylic acids is 1. The Morgan fingerprint density at radius 3 is 2.89 bits per heavy atom. The van der Waals surface area contributed by atoms with Crippen molar-refractivity contribution in [3.05, 3.63) is 29.8 Å². The van der Waals surface area contributed by atoms with Gasteiger partial charge < -0.3 is 15.4 Å². The number of hydrogen-bond acceptors (Lipinski definition) is 3. The Labute approximate surface area is 114 Å². The fourth-order valence-electron chi connectivity index (χ4n) is 1.73. The Morgan fingerprint density at radius 2 is 2.28 bits per heavy atom. The lowest BCUT2D eigenvalue weighted by molar-refractivity contribution is 0.0942. The molecule has 0 aromatic heterocycles. The van der Waals surface area contributed by atoms with Crippen molar-refractivity contribution in [1.82, 2.24) is 10.6 Å². The molecule has 1 aliphatic heterocycles. The summed E-state index contributed by atoms with van der Waals surface area (Å²) in [5, 5.41) is 6.11. The molecule has 5 heteroatoms. The van der Waals surface area contributed by atoms with Crippen molar-refractivity contribution in [2.24, 2.45) is 5.92 Å². The van der Waals surface area contributed by atoms with Crippen LogP contribution in [0.25, 0.3) is 0 Å². The maximum absolute atomic E-state index is 11.9. The predicted molar refractivity (Wildman–Crippen MR) is 73.6 cm³/mol. The van der Waals surface area contributed by atoms with Gasteiger partial charge in [0.05, 0.1) is 6.61 Å². The van der Waals surface area contributed by atoms with Gasteiger partial charge in [0, 0.05) is 31.1 Å². The highest BCUT2D eigenvalue weighted by atomic mass is 35.5. The number of nitrogens with one attached hydrogen (secondary N) is 2. The van der Waals surface area contributed by atoms with Gasteiger partial charge >= 0.3 is 0 Å². The first-order chi connectivity index (χ1) is 8.29. The van der Waals surface area contributed by atoms with Crippen LogP contribution in [-0.2, 0) is 0 Å². The number of hydrogen-bond donors (Lipinski definition) is 2. The second-order valence-electron chi connectivity index (χ2n) is 4.20. The molecule has 2 N–H and O–H groups in total. The maximum atomic E-state index is 11.9. The summed E-state index contributed by atoms with van der Waals surface area (Å²) in [5.74, 6) is 1.29. The van der Waals surface area contributed by atoms with E-state index < -0.39 is 0 Å². The fourth-order valence-corrected chi connectivity index (χ4v) is 1.73. The van der Waals surface area contributed by atoms with E-state index in [1.54, 1.807) is 12.1 Å². The molecule has 0 radical (unpaired) electrons. The number of rotatable bonds is 5. The first-order valence-corrected chi connectivity index (χ1v) is 6.01. The van der Waals surface area contributed by atoms with Crippen molar-refractivity contribution in [3.63, 3.8) is 0 Å². The minimum absolute atomic E-state index is 0. The molecule has 1 aliphatic rings. The second-order valence-corrected chi connectivity index (χ2v) is 4.20. The molecule has 1 aromatic rings. The van der Waals surface area contributed by atoms with E-state index in [0.29, 0.717) is 18.1 Å². The van der Waals surface area contributed by atoms with E-state index in [1.807, 2.05) is 19.1 Å². The summed E-state index contributed by atoms with van der Waals surface area (Å²) >= 11 is 0. The molecule has 1 saturated heterocycles. The van der Waals surface area contributed by atoms with Crippen LogP contribution in [0, 0.1) is 5.92 Å². The molecule has 4 nitrogen and oxygen atoms in total. The van der Waals surface area contributed by atoms with Crippen LogP contribution in [0.1, 0.15) is 17.3 Å². The first-order valence-electron chi connectivity index (χ1n) is 6.01. The van der Waals surface area contributed by atoms with Crippen LogP contribution in [0.5, 0.6) is 5.75 Å². The highest BCUT2D eigenvalue weighted by Gasteiger charge is 2.17. The third kappa shape index (κ3) is 3.89. The predicted octanol–water partition coefficient (Wildman–Crippen LogP) is 1.46. The third-order valence-electron chi connectivity index (χ3n) is 2.82. The van der Waals surface area contributed by atoms with Gasteiger partial charge in [-0.05, 0) is 25.1 Å². The van der Waals surface area contributed by atoms with Crippen molar-refractivity contribution in [2.75, 3.05) is 26.2 Å². The van der Waals surface area contributed by atoms with Gasteiger partial charge in [-0.2, -0.15) is 0 Å². The molecule has 0 aliphatic carbocycles. The van der Waals surface area contributed by atoms with Crippen molar-refractivity contribution in [3.8, 4) is 5.75 Å². The Hall–Kier alpha value is -1.26. The quantitative estimate of drug-likeness (QED) is 0.852. The molecule has 1 amide bonds. The summed E-state index contributed by atoms with van der Waals surface area (Å²) in [6.07, 6.45) is 0. The van der Waals surface area contributed by atoms with Crippen molar-refractivity contribution < 1.29 is 9.53 Å². The zero-order chi connectivity index (χ0) is 12.1. The van der Waals surface area contributed by atoms with Crippen LogP contribution in [0.4, 0.5) is 0 Å². The first kappa shape index (κ1) is 14.8. The van der Waals surface area contributed by atoms with Crippen LogP contribution in [0.15, 0.2) is 24.3 Å². The largest absolute Gasteiger partial charge is 0.494 e. The van der Waals surface area contributed by atoms with Gasteiger partial charge in [-0.3, -0.25) is 4.79 Å². The highest BCUT2D eigenvalue weighted by Crippen LogP contribution is 2.13. The molecular formula is C13H19ClN2O2. The summed E-state index contributed by atoms with van der Waals surface area (Å²) in [6.45, 7) is 5.28. The van der Waals surface area contributed by atoms with E-state index in [4.69, 9.17) is 4.74 Å². The SMILES string of the molecule is CCOc1cccc(C(=O)NCC2CNC2)c1.Cl. The molecule has 1 aromatic carbocycles. The molecule has 1 fully saturated rings. The molecule has 0 saturated carbocycles. The molecule has 100 valence electrons. The summed E-state index contributed by atoms with van der Waals surface area (Å²) < 4.78 is 5.36. The molecule has 0 atom stereocenters. The molecule has 0 unspecified atom stereocenters. The van der Waals surface area contributed by atoms with Crippen LogP contribution in [-0.4, -0.2) is 32.1 Å². The third-order valence-corrected chi connectivity index (χ3v) is 2.82. The van der Waals surface area contributed by atoms with E-state index in [0.717, 1.165) is 25.4 Å². The van der Waals surface area contributed by atoms with E-state index in [9.17, 15) is 4.79 Å². The number of benzene rings is 1. The number of amides is 1. The van der Waals surface area contributed by atoms with E-state index in [-0.39, 0.29) is 18.3 Å². The van der Waals surface area contributed by atoms with Gasteiger partial charge in [-0.25, -0.2) is 0 Å². The number of halogens is 1. The van der Waals surface area contributed by atoms with Crippen molar-refractivity contribution >= 4 is 18.3 Å². The average molecular weight is 271 g/mol. The number of carbonyl (C=O) groups is 1. The molecule has 2 rings (SSSR count). The van der Waals surface area contributed by atoms with Crippen LogP contribution < -0.4 is 15.4 Å². The van der Waals surface area contributed by atoms with Crippen LogP contribution >= 0.6 is 12.4 Å². The molecule has 18 heavy (non-hydrogen) atoms. The lowest BCUT2D eigenvalue weighted by atomic mass is 10.0.